The molecule has 0 radical (unpaired) electrons. The van der Waals surface area contributed by atoms with Crippen LogP contribution in [0.2, 0.25) is 0 Å². The lowest BCUT2D eigenvalue weighted by Gasteiger charge is -1.96. The van der Waals surface area contributed by atoms with Crippen molar-refractivity contribution in [1.82, 2.24) is 19.4 Å². The van der Waals surface area contributed by atoms with Crippen molar-refractivity contribution in [2.75, 3.05) is 0 Å². The van der Waals surface area contributed by atoms with Gasteiger partial charge in [-0.25, -0.2) is 9.90 Å². The summed E-state index contributed by atoms with van der Waals surface area (Å²) in [4.78, 5) is 0. The number of nitrogens with zero attached hydrogens (tertiary/aromatic N) is 1. The van der Waals surface area contributed by atoms with Crippen molar-refractivity contribution in [1.29, 1.82) is 0 Å². The maximum absolute atomic E-state index is 3.07. The molecule has 2 heterocycles. The highest BCUT2D eigenvalue weighted by Crippen LogP contribution is 2.01. The van der Waals surface area contributed by atoms with Gasteiger partial charge in [-0.1, -0.05) is 11.5 Å². The molecule has 0 aromatic heterocycles. The molecule has 9 heavy (non-hydrogen) atoms. The van der Waals surface area contributed by atoms with Gasteiger partial charge in [-0.05, 0) is 0 Å². The van der Waals surface area contributed by atoms with Gasteiger partial charge in [0.05, 0.1) is 6.20 Å². The third-order valence-electron chi connectivity index (χ3n) is 1.09. The molecule has 0 atom stereocenters. The predicted molar refractivity (Wildman–Crippen MR) is 35.5 cm³/mol. The highest BCUT2D eigenvalue weighted by molar-refractivity contribution is 7.03. The molecular formula is C4H6N4S. The summed E-state index contributed by atoms with van der Waals surface area (Å²) in [6, 6.07) is 0. The largest absolute Gasteiger partial charge is 0.294 e. The van der Waals surface area contributed by atoms with Crippen LogP contribution in [-0.2, 0) is 0 Å². The molecule has 0 aliphatic carbocycles. The molecule has 2 rings (SSSR count). The fourth-order valence-corrected chi connectivity index (χ4v) is 1.21. The van der Waals surface area contributed by atoms with Crippen LogP contribution in [0.5, 0.6) is 0 Å². The average molecular weight is 142 g/mol. The Morgan fingerprint density at radius 2 is 2.56 bits per heavy atom. The number of rotatable bonds is 0. The number of aromatic amines is 3. The smallest absolute Gasteiger partial charge is 0.157 e. The Labute approximate surface area is 55.3 Å². The molecule has 0 spiro atoms. The molecule has 0 fully saturated rings. The van der Waals surface area contributed by atoms with E-state index < -0.39 is 0 Å². The van der Waals surface area contributed by atoms with Gasteiger partial charge in [0, 0.05) is 11.6 Å². The van der Waals surface area contributed by atoms with Crippen LogP contribution in [0.1, 0.15) is 0 Å². The van der Waals surface area contributed by atoms with Gasteiger partial charge in [0.25, 0.3) is 0 Å². The Bertz CT molecular complexity index is 253. The van der Waals surface area contributed by atoms with E-state index in [0.717, 1.165) is 5.82 Å². The molecule has 0 bridgehead atoms. The third-order valence-corrected chi connectivity index (χ3v) is 1.68. The monoisotopic (exact) mass is 142 g/mol. The van der Waals surface area contributed by atoms with Crippen LogP contribution in [0, 0.1) is 0 Å². The Kier molecular flexibility index (Phi) is 0.895. The molecule has 2 aliphatic heterocycles. The van der Waals surface area contributed by atoms with Crippen LogP contribution in [0.25, 0.3) is 5.82 Å². The molecule has 0 amide bonds. The number of aromatic nitrogens is 4. The normalized spacial score (nSPS) is 10.2. The number of H-pyrrole nitrogens is 3. The molecular weight excluding hydrogens is 136 g/mol. The van der Waals surface area contributed by atoms with Gasteiger partial charge >= 0.3 is 0 Å². The molecule has 0 unspecified atom stereocenters. The fourth-order valence-electron chi connectivity index (χ4n) is 0.682. The summed E-state index contributed by atoms with van der Waals surface area (Å²) < 4.78 is 4.93. The maximum Gasteiger partial charge on any atom is 0.157 e. The number of nitrogens with one attached hydrogen (secondary N) is 3. The van der Waals surface area contributed by atoms with Gasteiger partial charge in [0.2, 0.25) is 0 Å². The van der Waals surface area contributed by atoms with Gasteiger partial charge in [-0.3, -0.25) is 9.47 Å². The molecule has 5 heteroatoms. The molecule has 48 valence electrons. The summed E-state index contributed by atoms with van der Waals surface area (Å²) in [7, 11) is 0. The highest BCUT2D eigenvalue weighted by Gasteiger charge is 1.93. The molecule has 2 aliphatic rings. The van der Waals surface area contributed by atoms with Crippen molar-refractivity contribution >= 4 is 11.5 Å². The van der Waals surface area contributed by atoms with Crippen LogP contribution in [0.4, 0.5) is 0 Å². The molecule has 0 aromatic rings. The highest BCUT2D eigenvalue weighted by atomic mass is 32.1. The van der Waals surface area contributed by atoms with Crippen LogP contribution in [0.3, 0.4) is 0 Å². The van der Waals surface area contributed by atoms with Crippen LogP contribution in [-0.4, -0.2) is 19.4 Å². The summed E-state index contributed by atoms with van der Waals surface area (Å²) in [5.41, 5.74) is 0. The Hall–Kier alpha value is -1.10. The van der Waals surface area contributed by atoms with Crippen molar-refractivity contribution in [2.45, 2.75) is 0 Å². The topological polar surface area (TPSA) is 52.3 Å². The summed E-state index contributed by atoms with van der Waals surface area (Å²) in [6.45, 7) is 0. The second kappa shape index (κ2) is 1.70. The van der Waals surface area contributed by atoms with Gasteiger partial charge in [0.1, 0.15) is 0 Å². The quantitative estimate of drug-likeness (QED) is 0.493. The van der Waals surface area contributed by atoms with Crippen molar-refractivity contribution in [3.05, 3.63) is 17.8 Å². The van der Waals surface area contributed by atoms with Gasteiger partial charge in [-0.15, -0.1) is 0 Å². The molecule has 0 aromatic carbocycles. The van der Waals surface area contributed by atoms with Crippen molar-refractivity contribution in [2.24, 2.45) is 0 Å². The fraction of sp³-hybridized carbons (Fsp3) is 0. The minimum absolute atomic E-state index is 1.03. The van der Waals surface area contributed by atoms with Crippen molar-refractivity contribution in [3.8, 4) is 5.82 Å². The molecule has 0 saturated heterocycles. The van der Waals surface area contributed by atoms with Gasteiger partial charge in [-0.2, -0.15) is 0 Å². The van der Waals surface area contributed by atoms with E-state index >= 15 is 0 Å². The lowest BCUT2D eigenvalue weighted by Crippen LogP contribution is -1.94. The lowest BCUT2D eigenvalue weighted by atomic mass is 10.7. The van der Waals surface area contributed by atoms with Gasteiger partial charge < -0.3 is 0 Å². The van der Waals surface area contributed by atoms with E-state index in [1.807, 2.05) is 22.5 Å². The van der Waals surface area contributed by atoms with Crippen LogP contribution in [0.15, 0.2) is 17.8 Å². The van der Waals surface area contributed by atoms with E-state index in [9.17, 15) is 0 Å². The average Bonchev–Trinajstić information content (AvgIpc) is 2.33. The van der Waals surface area contributed by atoms with Gasteiger partial charge in [0.15, 0.2) is 5.82 Å². The van der Waals surface area contributed by atoms with E-state index in [1.54, 1.807) is 11.5 Å². The number of hydrogen-bond acceptors (Lipinski definition) is 1. The second-order valence-corrected chi connectivity index (χ2v) is 2.37. The Balaban J connectivity index is 2.79. The zero-order valence-electron chi connectivity index (χ0n) is 4.59. The summed E-state index contributed by atoms with van der Waals surface area (Å²) in [5, 5.41) is 7.69. The third kappa shape index (κ3) is 0.655. The predicted octanol–water partition coefficient (Wildman–Crippen LogP) is 1.09. The first-order valence-electron chi connectivity index (χ1n) is 2.56. The number of hydrogen-bond donors (Lipinski definition) is 3. The Morgan fingerprint density at radius 1 is 1.56 bits per heavy atom. The molecule has 3 N–H and O–H groups in total. The van der Waals surface area contributed by atoms with Crippen molar-refractivity contribution < 1.29 is 0 Å². The first-order chi connectivity index (χ1) is 4.47. The first kappa shape index (κ1) is 4.75. The first-order valence-corrected chi connectivity index (χ1v) is 3.44. The minimum atomic E-state index is 1.03. The second-order valence-electron chi connectivity index (χ2n) is 1.66. The zero-order chi connectivity index (χ0) is 6.10. The Morgan fingerprint density at radius 3 is 3.44 bits per heavy atom. The van der Waals surface area contributed by atoms with E-state index in [-0.39, 0.29) is 0 Å². The van der Waals surface area contributed by atoms with E-state index in [1.165, 1.54) is 0 Å². The zero-order valence-corrected chi connectivity index (χ0v) is 5.40. The summed E-state index contributed by atoms with van der Waals surface area (Å²) in [6.07, 6.45) is 3.80. The van der Waals surface area contributed by atoms with E-state index in [4.69, 9.17) is 0 Å². The summed E-state index contributed by atoms with van der Waals surface area (Å²) >= 11 is 1.55. The minimum Gasteiger partial charge on any atom is -0.294 e. The number of fused-ring (bicyclic) bond motifs is 1. The van der Waals surface area contributed by atoms with E-state index in [2.05, 4.69) is 14.7 Å². The maximum atomic E-state index is 3.07. The standard InChI is InChI=1S/C4H6N4S/c1-2-9-6-4-3-5-7-8(1)4/h1-3,5-7H. The molecule has 4 nitrogen and oxygen atoms in total. The SMILES string of the molecule is c1cn2[nH][nH]cc-2[nH]s1. The lowest BCUT2D eigenvalue weighted by molar-refractivity contribution is 0.797. The van der Waals surface area contributed by atoms with Crippen LogP contribution >= 0.6 is 11.5 Å². The van der Waals surface area contributed by atoms with Crippen molar-refractivity contribution in [3.63, 3.8) is 0 Å². The molecule has 0 saturated carbocycles. The summed E-state index contributed by atoms with van der Waals surface area (Å²) in [5.74, 6) is 1.03. The van der Waals surface area contributed by atoms with E-state index in [0.29, 0.717) is 0 Å². The van der Waals surface area contributed by atoms with Crippen LogP contribution < -0.4 is 0 Å².